The maximum absolute atomic E-state index is 15.3. The number of nitrogens with zero attached hydrogens (tertiary/aromatic N) is 4. The van der Waals surface area contributed by atoms with Crippen molar-refractivity contribution in [1.29, 1.82) is 0 Å². The standard InChI is InChI=1S/C32H39FN6O4/c1-38(2)15-8-16-42-30-19-26-23(18-29(30)41-4)27(13-14-34-26)43-28-12-11-22(17-25(28)33)35-31-24(20-39(3)37-31)32(40)36-21-9-6-5-7-10-21/h11-14,17-21H,5-10,15-16H2,1-4H3,(H,35,37)(H,36,40). The predicted molar refractivity (Wildman–Crippen MR) is 164 cm³/mol. The first-order valence-electron chi connectivity index (χ1n) is 14.6. The topological polar surface area (TPSA) is 103 Å². The maximum atomic E-state index is 15.3. The number of carbonyl (C=O) groups excluding carboxylic acids is 1. The van der Waals surface area contributed by atoms with Gasteiger partial charge in [0.25, 0.3) is 5.91 Å². The average molecular weight is 591 g/mol. The number of carbonyl (C=O) groups is 1. The molecule has 0 spiro atoms. The number of rotatable bonds is 12. The second-order valence-electron chi connectivity index (χ2n) is 11.1. The molecule has 1 aliphatic carbocycles. The van der Waals surface area contributed by atoms with E-state index < -0.39 is 5.82 Å². The number of amides is 1. The molecule has 2 heterocycles. The quantitative estimate of drug-likeness (QED) is 0.193. The zero-order valence-corrected chi connectivity index (χ0v) is 25.2. The first-order chi connectivity index (χ1) is 20.8. The van der Waals surface area contributed by atoms with Crippen LogP contribution in [0.5, 0.6) is 23.0 Å². The molecule has 0 unspecified atom stereocenters. The van der Waals surface area contributed by atoms with Crippen molar-refractivity contribution in [2.75, 3.05) is 39.7 Å². The van der Waals surface area contributed by atoms with E-state index in [1.165, 1.54) is 18.6 Å². The van der Waals surface area contributed by atoms with Gasteiger partial charge in [-0.15, -0.1) is 0 Å². The third kappa shape index (κ3) is 7.53. The predicted octanol–water partition coefficient (Wildman–Crippen LogP) is 6.04. The summed E-state index contributed by atoms with van der Waals surface area (Å²) < 4.78 is 34.4. The summed E-state index contributed by atoms with van der Waals surface area (Å²) >= 11 is 0. The van der Waals surface area contributed by atoms with Crippen LogP contribution in [0.2, 0.25) is 0 Å². The molecule has 1 saturated carbocycles. The number of fused-ring (bicyclic) bond motifs is 1. The molecule has 10 nitrogen and oxygen atoms in total. The normalized spacial score (nSPS) is 13.7. The molecular weight excluding hydrogens is 551 g/mol. The van der Waals surface area contributed by atoms with Crippen molar-refractivity contribution in [2.24, 2.45) is 7.05 Å². The molecule has 0 saturated heterocycles. The highest BCUT2D eigenvalue weighted by Crippen LogP contribution is 2.38. The molecule has 0 bridgehead atoms. The van der Waals surface area contributed by atoms with E-state index in [-0.39, 0.29) is 17.7 Å². The van der Waals surface area contributed by atoms with Gasteiger partial charge in [0.2, 0.25) is 0 Å². The van der Waals surface area contributed by atoms with Crippen LogP contribution in [0.15, 0.2) is 48.8 Å². The van der Waals surface area contributed by atoms with E-state index in [0.717, 1.165) is 38.6 Å². The van der Waals surface area contributed by atoms with Crippen molar-refractivity contribution in [1.82, 2.24) is 25.0 Å². The molecule has 4 aromatic rings. The molecule has 2 N–H and O–H groups in total. The average Bonchev–Trinajstić information content (AvgIpc) is 3.36. The van der Waals surface area contributed by atoms with Crippen LogP contribution in [0.25, 0.3) is 10.9 Å². The molecule has 43 heavy (non-hydrogen) atoms. The largest absolute Gasteiger partial charge is 0.493 e. The fraction of sp³-hybridized carbons (Fsp3) is 0.406. The molecule has 11 heteroatoms. The molecule has 1 amide bonds. The number of ether oxygens (including phenoxy) is 3. The SMILES string of the molecule is COc1cc2c(Oc3ccc(Nc4nn(C)cc4C(=O)NC4CCCCC4)cc3F)ccnc2cc1OCCCN(C)C. The number of nitrogens with one attached hydrogen (secondary N) is 2. The summed E-state index contributed by atoms with van der Waals surface area (Å²) in [5.41, 5.74) is 1.48. The molecule has 0 aliphatic heterocycles. The zero-order valence-electron chi connectivity index (χ0n) is 25.2. The van der Waals surface area contributed by atoms with E-state index in [0.29, 0.717) is 51.8 Å². The Morgan fingerprint density at radius 2 is 1.88 bits per heavy atom. The Bertz CT molecular complexity index is 1570. The second kappa shape index (κ2) is 13.7. The third-order valence-electron chi connectivity index (χ3n) is 7.42. The summed E-state index contributed by atoms with van der Waals surface area (Å²) in [4.78, 5) is 19.6. The molecule has 228 valence electrons. The van der Waals surface area contributed by atoms with Crippen LogP contribution >= 0.6 is 0 Å². The summed E-state index contributed by atoms with van der Waals surface area (Å²) in [6.07, 6.45) is 9.53. The van der Waals surface area contributed by atoms with E-state index in [2.05, 4.69) is 25.6 Å². The Morgan fingerprint density at radius 3 is 2.63 bits per heavy atom. The van der Waals surface area contributed by atoms with E-state index in [1.54, 1.807) is 55.5 Å². The molecule has 1 aliphatic rings. The molecule has 0 radical (unpaired) electrons. The van der Waals surface area contributed by atoms with Gasteiger partial charge in [-0.3, -0.25) is 14.5 Å². The Kier molecular flexibility index (Phi) is 9.61. The number of benzene rings is 2. The lowest BCUT2D eigenvalue weighted by molar-refractivity contribution is 0.0928. The van der Waals surface area contributed by atoms with Gasteiger partial charge in [0, 0.05) is 55.2 Å². The number of hydrogen-bond donors (Lipinski definition) is 2. The van der Waals surface area contributed by atoms with E-state index in [9.17, 15) is 4.79 Å². The van der Waals surface area contributed by atoms with Crippen molar-refractivity contribution in [2.45, 2.75) is 44.6 Å². The maximum Gasteiger partial charge on any atom is 0.256 e. The number of hydrogen-bond acceptors (Lipinski definition) is 8. The van der Waals surface area contributed by atoms with Crippen molar-refractivity contribution < 1.29 is 23.4 Å². The van der Waals surface area contributed by atoms with Crippen LogP contribution in [-0.2, 0) is 7.05 Å². The molecule has 2 aromatic carbocycles. The lowest BCUT2D eigenvalue weighted by atomic mass is 9.95. The smallest absolute Gasteiger partial charge is 0.256 e. The van der Waals surface area contributed by atoms with Gasteiger partial charge in [-0.25, -0.2) is 4.39 Å². The number of aromatic nitrogens is 3. The lowest BCUT2D eigenvalue weighted by Gasteiger charge is -2.22. The number of methoxy groups -OCH3 is 1. The Balaban J connectivity index is 1.31. The van der Waals surface area contributed by atoms with Crippen LogP contribution in [0, 0.1) is 5.82 Å². The summed E-state index contributed by atoms with van der Waals surface area (Å²) in [6.45, 7) is 1.44. The Hall–Kier alpha value is -4.38. The van der Waals surface area contributed by atoms with Crippen molar-refractivity contribution >= 4 is 28.3 Å². The van der Waals surface area contributed by atoms with Gasteiger partial charge in [-0.05, 0) is 57.6 Å². The van der Waals surface area contributed by atoms with Crippen molar-refractivity contribution in [3.05, 3.63) is 60.2 Å². The summed E-state index contributed by atoms with van der Waals surface area (Å²) in [6, 6.07) is 9.96. The van der Waals surface area contributed by atoms with Gasteiger partial charge in [0.05, 0.1) is 19.2 Å². The summed E-state index contributed by atoms with van der Waals surface area (Å²) in [7, 11) is 7.35. The van der Waals surface area contributed by atoms with Gasteiger partial charge >= 0.3 is 0 Å². The fourth-order valence-corrected chi connectivity index (χ4v) is 5.23. The number of halogens is 1. The first-order valence-corrected chi connectivity index (χ1v) is 14.6. The summed E-state index contributed by atoms with van der Waals surface area (Å²) in [5.74, 6) is 1.17. The van der Waals surface area contributed by atoms with Crippen molar-refractivity contribution in [3.63, 3.8) is 0 Å². The highest BCUT2D eigenvalue weighted by atomic mass is 19.1. The van der Waals surface area contributed by atoms with Gasteiger partial charge in [0.1, 0.15) is 11.3 Å². The monoisotopic (exact) mass is 590 g/mol. The highest BCUT2D eigenvalue weighted by Gasteiger charge is 2.21. The van der Waals surface area contributed by atoms with Crippen LogP contribution < -0.4 is 24.8 Å². The Labute approximate surface area is 251 Å². The van der Waals surface area contributed by atoms with E-state index in [4.69, 9.17) is 14.2 Å². The minimum Gasteiger partial charge on any atom is -0.493 e. The minimum atomic E-state index is -0.577. The summed E-state index contributed by atoms with van der Waals surface area (Å²) in [5, 5.41) is 11.2. The highest BCUT2D eigenvalue weighted by molar-refractivity contribution is 5.99. The van der Waals surface area contributed by atoms with E-state index in [1.807, 2.05) is 14.1 Å². The second-order valence-corrected chi connectivity index (χ2v) is 11.1. The molecule has 2 aromatic heterocycles. The van der Waals surface area contributed by atoms with Crippen LogP contribution in [0.3, 0.4) is 0 Å². The van der Waals surface area contributed by atoms with Gasteiger partial charge < -0.3 is 29.7 Å². The molecule has 1 fully saturated rings. The van der Waals surface area contributed by atoms with E-state index >= 15 is 4.39 Å². The molecule has 5 rings (SSSR count). The lowest BCUT2D eigenvalue weighted by Crippen LogP contribution is -2.36. The van der Waals surface area contributed by atoms with Crippen LogP contribution in [0.4, 0.5) is 15.9 Å². The number of pyridine rings is 1. The first kappa shape index (κ1) is 30.1. The molecular formula is C32H39FN6O4. The zero-order chi connectivity index (χ0) is 30.3. The van der Waals surface area contributed by atoms with Crippen LogP contribution in [-0.4, -0.2) is 66.0 Å². The fourth-order valence-electron chi connectivity index (χ4n) is 5.23. The van der Waals surface area contributed by atoms with Gasteiger partial charge in [-0.2, -0.15) is 5.10 Å². The number of anilines is 2. The molecule has 0 atom stereocenters. The van der Waals surface area contributed by atoms with Crippen LogP contribution in [0.1, 0.15) is 48.9 Å². The Morgan fingerprint density at radius 1 is 1.07 bits per heavy atom. The van der Waals surface area contributed by atoms with Crippen molar-refractivity contribution in [3.8, 4) is 23.0 Å². The third-order valence-corrected chi connectivity index (χ3v) is 7.42. The number of aryl methyl sites for hydroxylation is 1. The van der Waals surface area contributed by atoms with Gasteiger partial charge in [0.15, 0.2) is 28.9 Å². The minimum absolute atomic E-state index is 0.0392. The van der Waals surface area contributed by atoms with Gasteiger partial charge in [-0.1, -0.05) is 19.3 Å².